The molecule has 0 unspecified atom stereocenters. The molecule has 0 fully saturated rings. The summed E-state index contributed by atoms with van der Waals surface area (Å²) in [7, 11) is 1.56. The number of halogens is 2. The lowest BCUT2D eigenvalue weighted by atomic mass is 9.96. The van der Waals surface area contributed by atoms with E-state index in [1.54, 1.807) is 38.3 Å². The number of methoxy groups -OCH3 is 1. The maximum Gasteiger partial charge on any atom is 0.313 e. The van der Waals surface area contributed by atoms with E-state index in [0.717, 1.165) is 11.6 Å². The van der Waals surface area contributed by atoms with Crippen LogP contribution in [0.25, 0.3) is 0 Å². The first-order valence-electron chi connectivity index (χ1n) is 8.10. The van der Waals surface area contributed by atoms with Crippen LogP contribution in [0.4, 0.5) is 10.1 Å². The molecule has 144 valence electrons. The minimum atomic E-state index is -1.26. The molecule has 0 bridgehead atoms. The number of ether oxygens (including phenoxy) is 1. The molecule has 2 amide bonds. The maximum atomic E-state index is 13.1. The average molecular weight is 395 g/mol. The first-order valence-corrected chi connectivity index (χ1v) is 8.47. The van der Waals surface area contributed by atoms with E-state index in [1.165, 1.54) is 12.1 Å². The number of hydrogen-bond acceptors (Lipinski definition) is 4. The van der Waals surface area contributed by atoms with E-state index in [-0.39, 0.29) is 23.7 Å². The van der Waals surface area contributed by atoms with Crippen LogP contribution in [0.1, 0.15) is 12.5 Å². The van der Waals surface area contributed by atoms with Crippen LogP contribution in [0.15, 0.2) is 42.5 Å². The van der Waals surface area contributed by atoms with Crippen molar-refractivity contribution >= 4 is 29.1 Å². The van der Waals surface area contributed by atoms with Gasteiger partial charge < -0.3 is 20.5 Å². The van der Waals surface area contributed by atoms with E-state index < -0.39 is 23.2 Å². The minimum absolute atomic E-state index is 0.130. The zero-order valence-corrected chi connectivity index (χ0v) is 15.6. The van der Waals surface area contributed by atoms with Gasteiger partial charge >= 0.3 is 11.8 Å². The summed E-state index contributed by atoms with van der Waals surface area (Å²) in [6, 6.07) is 10.7. The van der Waals surface area contributed by atoms with Crippen LogP contribution < -0.4 is 15.4 Å². The van der Waals surface area contributed by atoms with Gasteiger partial charge in [0.15, 0.2) is 0 Å². The third-order valence-corrected chi connectivity index (χ3v) is 4.05. The van der Waals surface area contributed by atoms with Gasteiger partial charge in [0.2, 0.25) is 0 Å². The minimum Gasteiger partial charge on any atom is -0.497 e. The number of amides is 2. The summed E-state index contributed by atoms with van der Waals surface area (Å²) in [5.41, 5.74) is -0.226. The van der Waals surface area contributed by atoms with Gasteiger partial charge in [0.05, 0.1) is 17.7 Å². The van der Waals surface area contributed by atoms with Crippen molar-refractivity contribution in [3.8, 4) is 5.75 Å². The van der Waals surface area contributed by atoms with Crippen LogP contribution >= 0.6 is 11.6 Å². The lowest BCUT2D eigenvalue weighted by molar-refractivity contribution is -0.136. The largest absolute Gasteiger partial charge is 0.497 e. The third-order valence-electron chi connectivity index (χ3n) is 3.76. The molecule has 0 aliphatic heterocycles. The van der Waals surface area contributed by atoms with E-state index in [9.17, 15) is 19.1 Å². The highest BCUT2D eigenvalue weighted by molar-refractivity contribution is 6.39. The Labute approximate surface area is 161 Å². The molecule has 2 aromatic carbocycles. The summed E-state index contributed by atoms with van der Waals surface area (Å²) < 4.78 is 18.2. The van der Waals surface area contributed by atoms with Crippen LogP contribution in [-0.4, -0.2) is 36.2 Å². The van der Waals surface area contributed by atoms with Gasteiger partial charge in [-0.05, 0) is 42.8 Å². The van der Waals surface area contributed by atoms with Gasteiger partial charge in [-0.25, -0.2) is 4.39 Å². The lowest BCUT2D eigenvalue weighted by Crippen LogP contribution is -2.45. The van der Waals surface area contributed by atoms with Gasteiger partial charge in [-0.1, -0.05) is 23.7 Å². The molecule has 2 aromatic rings. The number of benzene rings is 2. The van der Waals surface area contributed by atoms with E-state index in [0.29, 0.717) is 5.75 Å². The van der Waals surface area contributed by atoms with Crippen LogP contribution in [0.2, 0.25) is 5.02 Å². The fourth-order valence-electron chi connectivity index (χ4n) is 2.36. The summed E-state index contributed by atoms with van der Waals surface area (Å²) in [6.07, 6.45) is 0.270. The summed E-state index contributed by atoms with van der Waals surface area (Å²) in [5, 5.41) is 15.0. The van der Waals surface area contributed by atoms with E-state index >= 15 is 0 Å². The molecule has 0 saturated carbocycles. The molecule has 6 nitrogen and oxygen atoms in total. The number of rotatable bonds is 6. The Morgan fingerprint density at radius 2 is 1.85 bits per heavy atom. The Bertz CT molecular complexity index is 825. The Kier molecular flexibility index (Phi) is 6.76. The summed E-state index contributed by atoms with van der Waals surface area (Å²) in [4.78, 5) is 23.8. The maximum absolute atomic E-state index is 13.1. The fraction of sp³-hybridized carbons (Fsp3) is 0.263. The van der Waals surface area contributed by atoms with E-state index in [2.05, 4.69) is 10.6 Å². The molecule has 3 N–H and O–H groups in total. The molecular weight excluding hydrogens is 375 g/mol. The fourth-order valence-corrected chi connectivity index (χ4v) is 2.54. The Morgan fingerprint density at radius 1 is 1.19 bits per heavy atom. The quantitative estimate of drug-likeness (QED) is 0.657. The van der Waals surface area contributed by atoms with Gasteiger partial charge in [-0.3, -0.25) is 9.59 Å². The van der Waals surface area contributed by atoms with Crippen molar-refractivity contribution in [2.45, 2.75) is 18.9 Å². The van der Waals surface area contributed by atoms with Crippen molar-refractivity contribution in [3.05, 3.63) is 58.9 Å². The summed E-state index contributed by atoms with van der Waals surface area (Å²) in [5.74, 6) is -1.80. The Balaban J connectivity index is 1.88. The lowest BCUT2D eigenvalue weighted by Gasteiger charge is -2.23. The SMILES string of the molecule is COc1ccc(C[C@](C)(O)CNC(=O)C(=O)Nc2ccc(F)c(Cl)c2)cc1. The van der Waals surface area contributed by atoms with Crippen molar-refractivity contribution in [2.75, 3.05) is 19.0 Å². The van der Waals surface area contributed by atoms with Gasteiger partial charge in [0.1, 0.15) is 11.6 Å². The van der Waals surface area contributed by atoms with Gasteiger partial charge in [0.25, 0.3) is 0 Å². The highest BCUT2D eigenvalue weighted by Crippen LogP contribution is 2.19. The summed E-state index contributed by atoms with van der Waals surface area (Å²) >= 11 is 5.63. The molecule has 1 atom stereocenters. The summed E-state index contributed by atoms with van der Waals surface area (Å²) in [6.45, 7) is 1.42. The number of aliphatic hydroxyl groups is 1. The third kappa shape index (κ3) is 6.23. The second kappa shape index (κ2) is 8.83. The smallest absolute Gasteiger partial charge is 0.313 e. The van der Waals surface area contributed by atoms with Gasteiger partial charge in [-0.2, -0.15) is 0 Å². The molecule has 8 heteroatoms. The highest BCUT2D eigenvalue weighted by Gasteiger charge is 2.24. The zero-order chi connectivity index (χ0) is 20.0. The molecule has 2 rings (SSSR count). The van der Waals surface area contributed by atoms with Crippen molar-refractivity contribution < 1.29 is 23.8 Å². The number of nitrogens with one attached hydrogen (secondary N) is 2. The predicted molar refractivity (Wildman–Crippen MR) is 100 cm³/mol. The highest BCUT2D eigenvalue weighted by atomic mass is 35.5. The standard InChI is InChI=1S/C19H20ClFN2O4/c1-19(26,10-12-3-6-14(27-2)7-4-12)11-22-17(24)18(25)23-13-5-8-16(21)15(20)9-13/h3-9,26H,10-11H2,1-2H3,(H,22,24)(H,23,25)/t19-/m0/s1. The van der Waals surface area contributed by atoms with Gasteiger partial charge in [0, 0.05) is 18.7 Å². The first-order chi connectivity index (χ1) is 12.7. The topological polar surface area (TPSA) is 87.7 Å². The van der Waals surface area contributed by atoms with Crippen molar-refractivity contribution in [3.63, 3.8) is 0 Å². The monoisotopic (exact) mass is 394 g/mol. The molecule has 0 radical (unpaired) electrons. The molecular formula is C19H20ClFN2O4. The van der Waals surface area contributed by atoms with Crippen LogP contribution in [0.5, 0.6) is 5.75 Å². The van der Waals surface area contributed by atoms with E-state index in [1.807, 2.05) is 0 Å². The molecule has 0 aliphatic rings. The molecule has 0 heterocycles. The number of hydrogen-bond donors (Lipinski definition) is 3. The number of carbonyl (C=O) groups excluding carboxylic acids is 2. The van der Waals surface area contributed by atoms with Crippen LogP contribution in [0.3, 0.4) is 0 Å². The zero-order valence-electron chi connectivity index (χ0n) is 14.9. The second-order valence-corrected chi connectivity index (χ2v) is 6.69. The predicted octanol–water partition coefficient (Wildman–Crippen LogP) is 2.54. The van der Waals surface area contributed by atoms with Gasteiger partial charge in [-0.15, -0.1) is 0 Å². The molecule has 27 heavy (non-hydrogen) atoms. The normalized spacial score (nSPS) is 12.8. The van der Waals surface area contributed by atoms with Crippen molar-refractivity contribution in [1.29, 1.82) is 0 Å². The van der Waals surface area contributed by atoms with Crippen molar-refractivity contribution in [2.24, 2.45) is 0 Å². The number of anilines is 1. The van der Waals surface area contributed by atoms with Crippen LogP contribution in [-0.2, 0) is 16.0 Å². The van der Waals surface area contributed by atoms with E-state index in [4.69, 9.17) is 16.3 Å². The molecule has 0 spiro atoms. The van der Waals surface area contributed by atoms with Crippen LogP contribution in [0, 0.1) is 5.82 Å². The average Bonchev–Trinajstić information content (AvgIpc) is 2.63. The Hall–Kier alpha value is -2.64. The Morgan fingerprint density at radius 3 is 2.44 bits per heavy atom. The van der Waals surface area contributed by atoms with Crippen molar-refractivity contribution in [1.82, 2.24) is 5.32 Å². The molecule has 0 aliphatic carbocycles. The molecule has 0 saturated heterocycles. The molecule has 0 aromatic heterocycles. The second-order valence-electron chi connectivity index (χ2n) is 6.29. The number of carbonyl (C=O) groups is 2. The first kappa shape index (κ1) is 20.7.